The Morgan fingerprint density at radius 3 is 2.11 bits per heavy atom. The fourth-order valence-electron chi connectivity index (χ4n) is 3.74. The fourth-order valence-corrected chi connectivity index (χ4v) is 3.74. The number of anilines is 2. The topological polar surface area (TPSA) is 105 Å². The Morgan fingerprint density at radius 2 is 1.46 bits per heavy atom. The van der Waals surface area contributed by atoms with E-state index in [4.69, 9.17) is 20.9 Å². The lowest BCUT2D eigenvalue weighted by Gasteiger charge is -2.11. The van der Waals surface area contributed by atoms with E-state index < -0.39 is 0 Å². The van der Waals surface area contributed by atoms with Gasteiger partial charge in [0.2, 0.25) is 6.29 Å². The predicted octanol–water partition coefficient (Wildman–Crippen LogP) is 6.14. The van der Waals surface area contributed by atoms with Gasteiger partial charge < -0.3 is 20.9 Å². The van der Waals surface area contributed by atoms with E-state index in [1.54, 1.807) is 12.1 Å². The maximum Gasteiger partial charge on any atom is 0.237 e. The molecule has 0 spiro atoms. The van der Waals surface area contributed by atoms with Gasteiger partial charge in [0.25, 0.3) is 0 Å². The number of benzene rings is 3. The van der Waals surface area contributed by atoms with Crippen LogP contribution < -0.4 is 20.9 Å². The van der Waals surface area contributed by atoms with Crippen LogP contribution in [-0.2, 0) is 4.79 Å². The summed E-state index contributed by atoms with van der Waals surface area (Å²) in [5.41, 5.74) is 13.9. The van der Waals surface area contributed by atoms with Crippen LogP contribution in [0.3, 0.4) is 0 Å². The maximum atomic E-state index is 13.0. The molecule has 0 saturated carbocycles. The first-order chi connectivity index (χ1) is 18.0. The summed E-state index contributed by atoms with van der Waals surface area (Å²) in [4.78, 5) is 23.2. The second-order valence-corrected chi connectivity index (χ2v) is 8.68. The summed E-state index contributed by atoms with van der Waals surface area (Å²) in [7, 11) is 0. The van der Waals surface area contributed by atoms with E-state index in [2.05, 4.69) is 0 Å². The lowest BCUT2D eigenvalue weighted by Crippen LogP contribution is -2.04. The first-order valence-electron chi connectivity index (χ1n) is 12.4. The monoisotopic (exact) mass is 503 g/mol. The predicted molar refractivity (Wildman–Crippen MR) is 145 cm³/mol. The van der Waals surface area contributed by atoms with Crippen molar-refractivity contribution in [1.29, 1.82) is 0 Å². The first kappa shape index (κ1) is 27.5. The number of hydrogen-bond acceptors (Lipinski definition) is 6. The van der Waals surface area contributed by atoms with Crippen LogP contribution in [0.2, 0.25) is 0 Å². The Hall–Kier alpha value is -4.13. The van der Waals surface area contributed by atoms with Crippen LogP contribution in [-0.4, -0.2) is 25.3 Å². The van der Waals surface area contributed by atoms with Crippen molar-refractivity contribution < 1.29 is 23.5 Å². The zero-order valence-electron chi connectivity index (χ0n) is 20.8. The second-order valence-electron chi connectivity index (χ2n) is 8.68. The van der Waals surface area contributed by atoms with Crippen molar-refractivity contribution in [2.75, 3.05) is 24.7 Å². The number of ketones is 1. The molecule has 0 aromatic heterocycles. The first-order valence-corrected chi connectivity index (χ1v) is 12.4. The quantitative estimate of drug-likeness (QED) is 0.112. The molecular weight excluding hydrogens is 471 g/mol. The van der Waals surface area contributed by atoms with Crippen molar-refractivity contribution in [3.63, 3.8) is 0 Å². The lowest BCUT2D eigenvalue weighted by molar-refractivity contribution is 0.104. The molecule has 4 N–H and O–H groups in total. The van der Waals surface area contributed by atoms with Gasteiger partial charge >= 0.3 is 0 Å². The minimum atomic E-state index is -0.367. The van der Waals surface area contributed by atoms with Crippen molar-refractivity contribution in [2.24, 2.45) is 0 Å². The van der Waals surface area contributed by atoms with Crippen molar-refractivity contribution in [3.8, 4) is 11.5 Å². The van der Waals surface area contributed by atoms with Gasteiger partial charge in [-0.1, -0.05) is 43.9 Å². The molecule has 0 fully saturated rings. The van der Waals surface area contributed by atoms with Gasteiger partial charge in [-0.3, -0.25) is 9.59 Å². The summed E-state index contributed by atoms with van der Waals surface area (Å²) in [5.74, 6) is 0.593. The van der Waals surface area contributed by atoms with Gasteiger partial charge in [0.1, 0.15) is 11.6 Å². The van der Waals surface area contributed by atoms with Gasteiger partial charge in [-0.2, -0.15) is 0 Å². The number of carbonyl (C=O) groups excluding carboxylic acids is 2. The zero-order valence-corrected chi connectivity index (χ0v) is 20.8. The second kappa shape index (κ2) is 14.4. The van der Waals surface area contributed by atoms with E-state index in [1.165, 1.54) is 36.4 Å². The van der Waals surface area contributed by atoms with Crippen LogP contribution in [0.15, 0.2) is 66.7 Å². The molecule has 0 aliphatic rings. The summed E-state index contributed by atoms with van der Waals surface area (Å²) in [6.07, 6.45) is 11.1. The highest BCUT2D eigenvalue weighted by atomic mass is 19.1. The Labute approximate surface area is 217 Å². The molecular formula is C30H32FN2O4. The number of nitrogen functional groups attached to an aromatic ring is 2. The van der Waals surface area contributed by atoms with Crippen molar-refractivity contribution in [3.05, 3.63) is 89.2 Å². The molecule has 6 nitrogen and oxygen atoms in total. The largest absolute Gasteiger partial charge is 0.494 e. The molecule has 3 aromatic rings. The summed E-state index contributed by atoms with van der Waals surface area (Å²) < 4.78 is 24.4. The highest BCUT2D eigenvalue weighted by molar-refractivity contribution is 6.06. The molecule has 37 heavy (non-hydrogen) atoms. The number of nitrogens with two attached hydrogens (primary N) is 2. The van der Waals surface area contributed by atoms with E-state index in [9.17, 15) is 14.0 Å². The van der Waals surface area contributed by atoms with Gasteiger partial charge in [-0.05, 0) is 73.0 Å². The van der Waals surface area contributed by atoms with E-state index in [0.717, 1.165) is 49.8 Å². The third kappa shape index (κ3) is 9.11. The highest BCUT2D eigenvalue weighted by Crippen LogP contribution is 2.28. The average Bonchev–Trinajstić information content (AvgIpc) is 2.90. The number of hydrogen-bond donors (Lipinski definition) is 2. The SMILES string of the molecule is Nc1cc(N)c(OCCCCCCCCOc2ccc(C=CC(=O)c3ccc(F)cc3)cc2)c([C]=O)c1. The standard InChI is InChI=1S/C30H32FN2O4/c31-25-12-10-23(11-13-25)29(35)16-9-22-7-14-27(15-8-22)36-17-5-3-1-2-4-6-18-37-30-24(21-34)19-26(32)20-28(30)33/h7-16,19-20H,1-6,17-18,32-33H2. The van der Waals surface area contributed by atoms with E-state index >= 15 is 0 Å². The summed E-state index contributed by atoms with van der Waals surface area (Å²) >= 11 is 0. The van der Waals surface area contributed by atoms with E-state index in [0.29, 0.717) is 35.9 Å². The summed E-state index contributed by atoms with van der Waals surface area (Å²) in [5, 5.41) is 0. The Balaban J connectivity index is 1.25. The van der Waals surface area contributed by atoms with Crippen LogP contribution in [0.1, 0.15) is 60.0 Å². The third-order valence-corrected chi connectivity index (χ3v) is 5.74. The Morgan fingerprint density at radius 1 is 0.838 bits per heavy atom. The molecule has 0 saturated heterocycles. The molecule has 3 aromatic carbocycles. The van der Waals surface area contributed by atoms with Gasteiger partial charge in [-0.25, -0.2) is 4.39 Å². The van der Waals surface area contributed by atoms with Crippen LogP contribution in [0.4, 0.5) is 15.8 Å². The number of ether oxygens (including phenoxy) is 2. The molecule has 0 atom stereocenters. The van der Waals surface area contributed by atoms with Gasteiger partial charge in [-0.15, -0.1) is 0 Å². The zero-order chi connectivity index (χ0) is 26.5. The van der Waals surface area contributed by atoms with Gasteiger partial charge in [0.05, 0.1) is 24.5 Å². The van der Waals surface area contributed by atoms with E-state index in [-0.39, 0.29) is 17.2 Å². The minimum Gasteiger partial charge on any atom is -0.494 e. The normalized spacial score (nSPS) is 10.9. The number of carbonyl (C=O) groups is 1. The molecule has 193 valence electrons. The van der Waals surface area contributed by atoms with E-state index in [1.807, 2.05) is 30.6 Å². The molecule has 0 unspecified atom stereocenters. The summed E-state index contributed by atoms with van der Waals surface area (Å²) in [6, 6.07) is 16.1. The van der Waals surface area contributed by atoms with Gasteiger partial charge in [0.15, 0.2) is 11.5 Å². The van der Waals surface area contributed by atoms with Crippen LogP contribution >= 0.6 is 0 Å². The number of halogens is 1. The van der Waals surface area contributed by atoms with Crippen LogP contribution in [0.5, 0.6) is 11.5 Å². The molecule has 7 heteroatoms. The Bertz CT molecular complexity index is 1190. The van der Waals surface area contributed by atoms with Crippen molar-refractivity contribution in [1.82, 2.24) is 0 Å². The maximum absolute atomic E-state index is 13.0. The molecule has 3 rings (SSSR count). The van der Waals surface area contributed by atoms with Crippen LogP contribution in [0.25, 0.3) is 6.08 Å². The highest BCUT2D eigenvalue weighted by Gasteiger charge is 2.09. The number of allylic oxidation sites excluding steroid dienone is 1. The van der Waals surface area contributed by atoms with Crippen molar-refractivity contribution in [2.45, 2.75) is 38.5 Å². The molecule has 0 aliphatic carbocycles. The summed E-state index contributed by atoms with van der Waals surface area (Å²) in [6.45, 7) is 1.13. The minimum absolute atomic E-state index is 0.176. The number of unbranched alkanes of at least 4 members (excludes halogenated alkanes) is 5. The fraction of sp³-hybridized carbons (Fsp3) is 0.267. The van der Waals surface area contributed by atoms with Crippen LogP contribution in [0, 0.1) is 5.82 Å². The smallest absolute Gasteiger partial charge is 0.237 e. The Kier molecular flexibility index (Phi) is 10.7. The third-order valence-electron chi connectivity index (χ3n) is 5.74. The molecule has 0 amide bonds. The lowest BCUT2D eigenvalue weighted by atomic mass is 10.1. The molecule has 0 bridgehead atoms. The molecule has 1 radical (unpaired) electrons. The van der Waals surface area contributed by atoms with Gasteiger partial charge in [0, 0.05) is 11.3 Å². The number of rotatable bonds is 15. The van der Waals surface area contributed by atoms with Crippen molar-refractivity contribution >= 4 is 29.5 Å². The molecule has 0 heterocycles. The molecule has 0 aliphatic heterocycles. The average molecular weight is 504 g/mol.